The first-order chi connectivity index (χ1) is 28.3. The topological polar surface area (TPSA) is 0 Å². The molecule has 1 aliphatic heterocycles. The van der Waals surface area contributed by atoms with Gasteiger partial charge in [-0.3, -0.25) is 0 Å². The summed E-state index contributed by atoms with van der Waals surface area (Å²) >= 11 is -3.56. The predicted molar refractivity (Wildman–Crippen MR) is 275 cm³/mol. The number of fused-ring (bicyclic) bond motifs is 6. The van der Waals surface area contributed by atoms with E-state index in [-0.39, 0.29) is 32.5 Å². The van der Waals surface area contributed by atoms with E-state index in [4.69, 9.17) is 0 Å². The van der Waals surface area contributed by atoms with Gasteiger partial charge < -0.3 is 0 Å². The van der Waals surface area contributed by atoms with Crippen molar-refractivity contribution in [2.75, 3.05) is 0 Å². The van der Waals surface area contributed by atoms with Gasteiger partial charge in [0.15, 0.2) is 0 Å². The van der Waals surface area contributed by atoms with E-state index in [1.165, 1.54) is 44.5 Å². The van der Waals surface area contributed by atoms with Gasteiger partial charge in [0, 0.05) is 0 Å². The van der Waals surface area contributed by atoms with Crippen molar-refractivity contribution >= 4 is 20.2 Å². The summed E-state index contributed by atoms with van der Waals surface area (Å²) in [6.45, 7) is 51.5. The van der Waals surface area contributed by atoms with E-state index in [1.54, 1.807) is 22.3 Å². The SMILES string of the molecule is Cc1cccc(-c2cccc3c2C=C2[CH]3[Hf]([CH3])([CH3])[CH]3C(=Cc4c(-c5cccc(C)c5C)cccc43)[Si]2(C(C(C)(C)C)C(C)(C)C(C)(C)C)C(C(C)(C)C)C(C)(C)C(C)(C)C)c1C. The second kappa shape index (κ2) is 15.0. The molecule has 332 valence electrons. The van der Waals surface area contributed by atoms with E-state index in [0.29, 0.717) is 18.4 Å². The van der Waals surface area contributed by atoms with Crippen molar-refractivity contribution < 1.29 is 20.0 Å². The third-order valence-electron chi connectivity index (χ3n) is 18.3. The summed E-state index contributed by atoms with van der Waals surface area (Å²) in [5, 5.41) is 3.82. The summed E-state index contributed by atoms with van der Waals surface area (Å²) in [6.07, 6.45) is 5.87. The van der Waals surface area contributed by atoms with Crippen LogP contribution in [0, 0.1) is 60.2 Å². The summed E-state index contributed by atoms with van der Waals surface area (Å²) in [5.41, 5.74) is 18.7. The Hall–Kier alpha value is -2.55. The van der Waals surface area contributed by atoms with Gasteiger partial charge in [0.1, 0.15) is 0 Å². The number of hydrogen-bond acceptors (Lipinski definition) is 0. The van der Waals surface area contributed by atoms with E-state index >= 15 is 0 Å². The van der Waals surface area contributed by atoms with Gasteiger partial charge >= 0.3 is 389 Å². The van der Waals surface area contributed by atoms with Crippen molar-refractivity contribution in [2.24, 2.45) is 32.5 Å². The monoisotopic (exact) mass is 1010 g/mol. The molecule has 4 aromatic carbocycles. The molecule has 3 aliphatic rings. The Labute approximate surface area is 386 Å². The molecule has 7 rings (SSSR count). The van der Waals surface area contributed by atoms with Gasteiger partial charge in [0.05, 0.1) is 0 Å². The Morgan fingerprint density at radius 2 is 0.742 bits per heavy atom. The fraction of sp³-hybridized carbons (Fsp3) is 0.533. The summed E-state index contributed by atoms with van der Waals surface area (Å²) < 4.78 is 6.80. The zero-order valence-electron chi connectivity index (χ0n) is 43.4. The van der Waals surface area contributed by atoms with Crippen LogP contribution in [0.15, 0.2) is 83.2 Å². The van der Waals surface area contributed by atoms with Crippen LogP contribution in [-0.2, 0) is 20.0 Å². The molecule has 0 aromatic heterocycles. The van der Waals surface area contributed by atoms with Crippen molar-refractivity contribution in [3.8, 4) is 22.3 Å². The molecule has 1 fully saturated rings. The second-order valence-corrected chi connectivity index (χ2v) is 47.7. The second-order valence-electron chi connectivity index (χ2n) is 26.4. The van der Waals surface area contributed by atoms with Crippen molar-refractivity contribution in [1.29, 1.82) is 0 Å². The van der Waals surface area contributed by atoms with Gasteiger partial charge in [0.25, 0.3) is 0 Å². The van der Waals surface area contributed by atoms with Gasteiger partial charge in [-0.1, -0.05) is 0 Å². The van der Waals surface area contributed by atoms with E-state index < -0.39 is 28.0 Å². The summed E-state index contributed by atoms with van der Waals surface area (Å²) in [6, 6.07) is 29.0. The van der Waals surface area contributed by atoms with Crippen LogP contribution in [0.1, 0.15) is 163 Å². The maximum atomic E-state index is 2.94. The van der Waals surface area contributed by atoms with Gasteiger partial charge in [0.2, 0.25) is 0 Å². The van der Waals surface area contributed by atoms with Crippen LogP contribution >= 0.6 is 0 Å². The average Bonchev–Trinajstić information content (AvgIpc) is 3.73. The standard InChI is InChI=1S/C58H78Si.2CH3.Hf/c1-37-25-21-29-45(39(37)3)47-31-23-27-41-33-43(35-49(41)47)59(51(53(5,6)7)57(17,18)55(11,12)13,52(54(8,9)10)58(19,20)56(14,15)16)44-34-42-28-24-32-48(50(42)36-44)46-30-22-26-38(2)40(46)4;;;/h21-36,51-52H,1-20H3;2*1H3;. The third-order valence-corrected chi connectivity index (χ3v) is 43.3. The number of aryl methyl sites for hydroxylation is 2. The average molecular weight is 1010 g/mol. The molecule has 2 heteroatoms. The van der Waals surface area contributed by atoms with Crippen LogP contribution in [-0.4, -0.2) is 8.07 Å². The van der Waals surface area contributed by atoms with Crippen molar-refractivity contribution in [1.82, 2.24) is 0 Å². The molecule has 62 heavy (non-hydrogen) atoms. The van der Waals surface area contributed by atoms with Gasteiger partial charge in [-0.15, -0.1) is 0 Å². The van der Waals surface area contributed by atoms with Crippen molar-refractivity contribution in [3.63, 3.8) is 0 Å². The molecule has 0 saturated carbocycles. The molecule has 4 atom stereocenters. The summed E-state index contributed by atoms with van der Waals surface area (Å²) in [5.74, 6) is 0. The first kappa shape index (κ1) is 47.4. The first-order valence-corrected chi connectivity index (χ1v) is 37.6. The molecule has 0 spiro atoms. The van der Waals surface area contributed by atoms with Crippen LogP contribution < -0.4 is 0 Å². The van der Waals surface area contributed by atoms with E-state index in [9.17, 15) is 0 Å². The molecule has 1 heterocycles. The van der Waals surface area contributed by atoms with Crippen LogP contribution in [0.5, 0.6) is 0 Å². The summed E-state index contributed by atoms with van der Waals surface area (Å²) in [7, 11) is -2.97. The zero-order chi connectivity index (χ0) is 46.3. The Kier molecular flexibility index (Phi) is 11.5. The molecule has 4 aromatic rings. The van der Waals surface area contributed by atoms with Crippen LogP contribution in [0.25, 0.3) is 34.4 Å². The van der Waals surface area contributed by atoms with Crippen molar-refractivity contribution in [3.05, 3.63) is 128 Å². The zero-order valence-corrected chi connectivity index (χ0v) is 48.0. The molecule has 0 amide bonds. The molecule has 0 nitrogen and oxygen atoms in total. The molecule has 4 unspecified atom stereocenters. The van der Waals surface area contributed by atoms with Crippen molar-refractivity contribution in [2.45, 2.75) is 166 Å². The Bertz CT molecular complexity index is 2310. The van der Waals surface area contributed by atoms with Gasteiger partial charge in [-0.05, 0) is 0 Å². The number of rotatable bonds is 6. The van der Waals surface area contributed by atoms with E-state index in [0.717, 1.165) is 0 Å². The number of hydrogen-bond donors (Lipinski definition) is 0. The minimum absolute atomic E-state index is 0.000439. The third kappa shape index (κ3) is 6.85. The Morgan fingerprint density at radius 1 is 0.435 bits per heavy atom. The molecular formula is C60H84HfSi. The molecule has 0 radical (unpaired) electrons. The molecule has 2 aliphatic carbocycles. The van der Waals surface area contributed by atoms with Gasteiger partial charge in [-0.2, -0.15) is 0 Å². The van der Waals surface area contributed by atoms with Crippen LogP contribution in [0.2, 0.25) is 20.4 Å². The maximum absolute atomic E-state index is 3.56. The number of allylic oxidation sites excluding steroid dienone is 2. The molecule has 0 N–H and O–H groups in total. The molecule has 0 bridgehead atoms. The first-order valence-electron chi connectivity index (χ1n) is 24.1. The quantitative estimate of drug-likeness (QED) is 0.169. The fourth-order valence-corrected chi connectivity index (χ4v) is 50.7. The summed E-state index contributed by atoms with van der Waals surface area (Å²) in [4.78, 5) is 0. The minimum atomic E-state index is -3.56. The van der Waals surface area contributed by atoms with E-state index in [2.05, 4.69) is 233 Å². The van der Waals surface area contributed by atoms with Gasteiger partial charge in [-0.25, -0.2) is 0 Å². The Morgan fingerprint density at radius 3 is 1.05 bits per heavy atom. The van der Waals surface area contributed by atoms with Crippen LogP contribution in [0.4, 0.5) is 0 Å². The van der Waals surface area contributed by atoms with E-state index in [1.807, 2.05) is 10.4 Å². The molecule has 1 saturated heterocycles. The molecular weight excluding hydrogens is 927 g/mol. The predicted octanol–water partition coefficient (Wildman–Crippen LogP) is 18.6. The Balaban J connectivity index is 1.78. The normalized spacial score (nSPS) is 22.3. The fourth-order valence-electron chi connectivity index (χ4n) is 14.4. The van der Waals surface area contributed by atoms with Crippen LogP contribution in [0.3, 0.4) is 0 Å². The number of benzene rings is 4.